The van der Waals surface area contributed by atoms with Gasteiger partial charge in [0.1, 0.15) is 15.3 Å². The molecular formula is C25H40Br2N6O9. The second-order valence-corrected chi connectivity index (χ2v) is 11.1. The number of carboxylic acid groups (broad SMARTS) is 2. The molecule has 0 unspecified atom stereocenters. The molecule has 1 fully saturated rings. The highest BCUT2D eigenvalue weighted by Crippen LogP contribution is 2.29. The maximum absolute atomic E-state index is 12.7. The molecule has 1 saturated heterocycles. The maximum Gasteiger partial charge on any atom is 0.317 e. The van der Waals surface area contributed by atoms with E-state index in [1.807, 2.05) is 9.80 Å². The molecule has 0 saturated carbocycles. The molecule has 0 aromatic rings. The van der Waals surface area contributed by atoms with E-state index in [0.717, 1.165) is 18.3 Å². The summed E-state index contributed by atoms with van der Waals surface area (Å²) in [5, 5.41) is 28.5. The minimum Gasteiger partial charge on any atom is -0.480 e. The van der Waals surface area contributed by atoms with Crippen molar-refractivity contribution in [1.29, 1.82) is 0 Å². The number of hydrogen-bond acceptors (Lipinski definition) is 11. The van der Waals surface area contributed by atoms with E-state index in [0.29, 0.717) is 71.7 Å². The third-order valence-corrected chi connectivity index (χ3v) is 8.54. The van der Waals surface area contributed by atoms with Gasteiger partial charge in [0.05, 0.1) is 26.2 Å². The van der Waals surface area contributed by atoms with Crippen LogP contribution >= 0.6 is 31.9 Å². The summed E-state index contributed by atoms with van der Waals surface area (Å²) in [7, 11) is 1.00. The zero-order valence-corrected chi connectivity index (χ0v) is 26.8. The number of amides is 3. The molecule has 0 aromatic heterocycles. The minimum absolute atomic E-state index is 0.0476. The van der Waals surface area contributed by atoms with Crippen molar-refractivity contribution in [3.05, 3.63) is 8.96 Å². The average molecular weight is 728 g/mol. The van der Waals surface area contributed by atoms with Crippen molar-refractivity contribution in [3.63, 3.8) is 0 Å². The van der Waals surface area contributed by atoms with Crippen LogP contribution in [0.2, 0.25) is 0 Å². The number of carboxylic acids is 2. The number of aliphatic hydroxyl groups excluding tert-OH is 1. The van der Waals surface area contributed by atoms with Gasteiger partial charge in [-0.1, -0.05) is 0 Å². The highest BCUT2D eigenvalue weighted by Gasteiger charge is 2.35. The summed E-state index contributed by atoms with van der Waals surface area (Å²) in [6, 6.07) is 0. The SMILES string of the molecule is CO.O=CCN1CCN(CC(=O)O)CCN(CC(=O)NCCCCN2C(=O)C(Br)=C(Br)C2=O)CCN(CC(=O)O)CC1. The van der Waals surface area contributed by atoms with E-state index in [1.54, 1.807) is 9.80 Å². The first kappa shape index (κ1) is 37.7. The van der Waals surface area contributed by atoms with Gasteiger partial charge in [-0.3, -0.25) is 48.5 Å². The molecule has 2 aliphatic heterocycles. The van der Waals surface area contributed by atoms with Gasteiger partial charge >= 0.3 is 11.9 Å². The quantitative estimate of drug-likeness (QED) is 0.0970. The van der Waals surface area contributed by atoms with Gasteiger partial charge in [-0.15, -0.1) is 0 Å². The molecule has 0 spiro atoms. The first-order valence-electron chi connectivity index (χ1n) is 13.4. The highest BCUT2D eigenvalue weighted by molar-refractivity contribution is 9.14. The smallest absolute Gasteiger partial charge is 0.317 e. The lowest BCUT2D eigenvalue weighted by molar-refractivity contribution is -0.139. The molecule has 2 rings (SSSR count). The largest absolute Gasteiger partial charge is 0.480 e. The van der Waals surface area contributed by atoms with Gasteiger partial charge in [-0.05, 0) is 44.7 Å². The molecular weight excluding hydrogens is 688 g/mol. The second-order valence-electron chi connectivity index (χ2n) is 9.53. The fourth-order valence-corrected chi connectivity index (χ4v) is 5.09. The third kappa shape index (κ3) is 13.8. The Balaban J connectivity index is 0.00000431. The second kappa shape index (κ2) is 20.6. The fraction of sp³-hybridized carbons (Fsp3) is 0.680. The molecule has 42 heavy (non-hydrogen) atoms. The normalized spacial score (nSPS) is 18.6. The number of unbranched alkanes of at least 4 members (excludes halogenated alkanes) is 1. The molecule has 4 N–H and O–H groups in total. The maximum atomic E-state index is 12.7. The topological polar surface area (TPSA) is 191 Å². The predicted octanol–water partition coefficient (Wildman–Crippen LogP) is -1.55. The number of nitrogens with one attached hydrogen (secondary N) is 1. The summed E-state index contributed by atoms with van der Waals surface area (Å²) >= 11 is 6.17. The van der Waals surface area contributed by atoms with E-state index in [1.165, 1.54) is 0 Å². The van der Waals surface area contributed by atoms with E-state index in [4.69, 9.17) is 5.11 Å². The Bertz CT molecular complexity index is 928. The molecule has 2 heterocycles. The number of rotatable bonds is 13. The van der Waals surface area contributed by atoms with Gasteiger partial charge in [0, 0.05) is 72.6 Å². The van der Waals surface area contributed by atoms with Crippen LogP contribution in [0.5, 0.6) is 0 Å². The van der Waals surface area contributed by atoms with E-state index in [9.17, 15) is 39.0 Å². The number of aldehydes is 1. The van der Waals surface area contributed by atoms with Crippen LogP contribution in [0.15, 0.2) is 8.96 Å². The summed E-state index contributed by atoms with van der Waals surface area (Å²) in [5.74, 6) is -2.99. The monoisotopic (exact) mass is 726 g/mol. The zero-order chi connectivity index (χ0) is 31.7. The van der Waals surface area contributed by atoms with Crippen molar-refractivity contribution in [1.82, 2.24) is 29.8 Å². The molecule has 0 aromatic carbocycles. The number of carbonyl (C=O) groups is 6. The van der Waals surface area contributed by atoms with Gasteiger partial charge in [0.25, 0.3) is 11.8 Å². The molecule has 0 aliphatic carbocycles. The predicted molar refractivity (Wildman–Crippen MR) is 159 cm³/mol. The molecule has 238 valence electrons. The lowest BCUT2D eigenvalue weighted by Crippen LogP contribution is -2.49. The van der Waals surface area contributed by atoms with Crippen LogP contribution in [-0.4, -0.2) is 175 Å². The van der Waals surface area contributed by atoms with Crippen molar-refractivity contribution in [2.45, 2.75) is 12.8 Å². The number of aliphatic carboxylic acids is 2. The van der Waals surface area contributed by atoms with E-state index in [-0.39, 0.29) is 47.6 Å². The van der Waals surface area contributed by atoms with Crippen molar-refractivity contribution in [2.75, 3.05) is 98.7 Å². The Morgan fingerprint density at radius 3 is 1.55 bits per heavy atom. The Morgan fingerprint density at radius 2 is 1.14 bits per heavy atom. The molecule has 17 heteroatoms. The van der Waals surface area contributed by atoms with Crippen LogP contribution in [0, 0.1) is 0 Å². The van der Waals surface area contributed by atoms with Crippen LogP contribution in [0.3, 0.4) is 0 Å². The van der Waals surface area contributed by atoms with Crippen molar-refractivity contribution in [2.24, 2.45) is 0 Å². The number of imide groups is 1. The van der Waals surface area contributed by atoms with Gasteiger partial charge in [0.15, 0.2) is 0 Å². The van der Waals surface area contributed by atoms with Gasteiger partial charge in [0.2, 0.25) is 5.91 Å². The van der Waals surface area contributed by atoms with Crippen LogP contribution in [-0.2, 0) is 28.8 Å². The summed E-state index contributed by atoms with van der Waals surface area (Å²) in [6.45, 7) is 3.71. The number of aliphatic hydroxyl groups is 1. The van der Waals surface area contributed by atoms with Crippen LogP contribution in [0.25, 0.3) is 0 Å². The molecule has 0 atom stereocenters. The zero-order valence-electron chi connectivity index (χ0n) is 23.7. The van der Waals surface area contributed by atoms with Gasteiger partial charge in [-0.25, -0.2) is 0 Å². The summed E-state index contributed by atoms with van der Waals surface area (Å²) in [4.78, 5) is 79.1. The fourth-order valence-electron chi connectivity index (χ4n) is 4.33. The third-order valence-electron chi connectivity index (χ3n) is 6.54. The van der Waals surface area contributed by atoms with Crippen molar-refractivity contribution in [3.8, 4) is 0 Å². The standard InChI is InChI=1S/C24H36Br2N6O8.CH4O/c25-21-22(26)24(40)32(23(21)39)4-2-1-3-27-18(34)15-29-9-11-30(16-19(35)36)7-5-28(13-14-33)6-8-31(12-10-29)17-20(37)38;1-2/h14H,1-13,15-17H2,(H,27,34)(H,35,36)(H,37,38);2H,1H3. The first-order chi connectivity index (χ1) is 20.0. The number of carbonyl (C=O) groups excluding carboxylic acids is 4. The van der Waals surface area contributed by atoms with E-state index >= 15 is 0 Å². The molecule has 15 nitrogen and oxygen atoms in total. The number of nitrogens with zero attached hydrogens (tertiary/aromatic N) is 5. The summed E-state index contributed by atoms with van der Waals surface area (Å²) in [6.07, 6.45) is 1.83. The molecule has 0 bridgehead atoms. The molecule has 0 radical (unpaired) electrons. The summed E-state index contributed by atoms with van der Waals surface area (Å²) in [5.41, 5.74) is 0. The van der Waals surface area contributed by atoms with Gasteiger partial charge < -0.3 is 25.4 Å². The Labute approximate surface area is 261 Å². The lowest BCUT2D eigenvalue weighted by Gasteiger charge is -2.32. The first-order valence-corrected chi connectivity index (χ1v) is 15.0. The Morgan fingerprint density at radius 1 is 0.738 bits per heavy atom. The van der Waals surface area contributed by atoms with E-state index < -0.39 is 23.8 Å². The van der Waals surface area contributed by atoms with Crippen molar-refractivity contribution < 1.29 is 44.1 Å². The van der Waals surface area contributed by atoms with E-state index in [2.05, 4.69) is 37.2 Å². The number of halogens is 2. The van der Waals surface area contributed by atoms with Crippen LogP contribution < -0.4 is 5.32 Å². The molecule has 3 amide bonds. The van der Waals surface area contributed by atoms with Crippen LogP contribution in [0.1, 0.15) is 12.8 Å². The van der Waals surface area contributed by atoms with Gasteiger partial charge in [-0.2, -0.15) is 0 Å². The number of hydrogen-bond donors (Lipinski definition) is 4. The lowest BCUT2D eigenvalue weighted by atomic mass is 10.3. The Hall–Kier alpha value is -2.28. The average Bonchev–Trinajstić information content (AvgIpc) is 3.12. The minimum atomic E-state index is -0.973. The molecule has 2 aliphatic rings. The highest BCUT2D eigenvalue weighted by atomic mass is 79.9. The van der Waals surface area contributed by atoms with Crippen molar-refractivity contribution >= 4 is 67.8 Å². The summed E-state index contributed by atoms with van der Waals surface area (Å²) < 4.78 is 0.387. The Kier molecular flexibility index (Phi) is 18.5. The van der Waals surface area contributed by atoms with Crippen LogP contribution in [0.4, 0.5) is 0 Å².